The number of hydrogen-bond acceptors (Lipinski definition) is 1. The molecule has 0 saturated carbocycles. The van der Waals surface area contributed by atoms with Crippen LogP contribution in [0.4, 0.5) is 4.39 Å². The van der Waals surface area contributed by atoms with E-state index in [1.54, 1.807) is 12.1 Å². The van der Waals surface area contributed by atoms with Gasteiger partial charge in [-0.25, -0.2) is 4.39 Å². The predicted molar refractivity (Wildman–Crippen MR) is 60.0 cm³/mol. The fourth-order valence-corrected chi connectivity index (χ4v) is 1.57. The summed E-state index contributed by atoms with van der Waals surface area (Å²) in [7, 11) is 0. The van der Waals surface area contributed by atoms with Gasteiger partial charge in [-0.05, 0) is 30.0 Å². The molecule has 0 aromatic heterocycles. The molecule has 0 bridgehead atoms. The van der Waals surface area contributed by atoms with Gasteiger partial charge in [-0.3, -0.25) is 0 Å². The minimum atomic E-state index is -0.454. The topological polar surface area (TPSA) is 20.2 Å². The molecular formula is C13H19FO. The lowest BCUT2D eigenvalue weighted by Gasteiger charge is -2.11. The number of aliphatic hydroxyl groups excluding tert-OH is 1. The molecule has 1 aromatic carbocycles. The molecule has 1 atom stereocenters. The van der Waals surface area contributed by atoms with E-state index in [2.05, 4.69) is 13.8 Å². The van der Waals surface area contributed by atoms with Crippen LogP contribution < -0.4 is 0 Å². The van der Waals surface area contributed by atoms with Crippen molar-refractivity contribution in [2.24, 2.45) is 5.92 Å². The lowest BCUT2D eigenvalue weighted by Crippen LogP contribution is -1.98. The van der Waals surface area contributed by atoms with Crippen molar-refractivity contribution >= 4 is 0 Å². The number of benzene rings is 1. The van der Waals surface area contributed by atoms with Gasteiger partial charge in [-0.15, -0.1) is 0 Å². The van der Waals surface area contributed by atoms with Crippen molar-refractivity contribution in [3.63, 3.8) is 0 Å². The van der Waals surface area contributed by atoms with Gasteiger partial charge in [0.1, 0.15) is 5.82 Å². The van der Waals surface area contributed by atoms with Crippen molar-refractivity contribution in [3.05, 3.63) is 35.6 Å². The molecule has 0 amide bonds. The maximum absolute atomic E-state index is 12.6. The Balaban J connectivity index is 2.40. The maximum Gasteiger partial charge on any atom is 0.123 e. The van der Waals surface area contributed by atoms with Gasteiger partial charge in [0.2, 0.25) is 0 Å². The van der Waals surface area contributed by atoms with Gasteiger partial charge in [0, 0.05) is 0 Å². The lowest BCUT2D eigenvalue weighted by molar-refractivity contribution is 0.162. The molecule has 1 rings (SSSR count). The van der Waals surface area contributed by atoms with Crippen LogP contribution in [-0.4, -0.2) is 5.11 Å². The first-order valence-corrected chi connectivity index (χ1v) is 5.53. The van der Waals surface area contributed by atoms with Crippen LogP contribution >= 0.6 is 0 Å². The minimum Gasteiger partial charge on any atom is -0.388 e. The molecule has 0 aliphatic heterocycles. The highest BCUT2D eigenvalue weighted by Gasteiger charge is 2.07. The van der Waals surface area contributed by atoms with Crippen molar-refractivity contribution in [2.75, 3.05) is 0 Å². The SMILES string of the molecule is CC(C)CCCC(O)c1ccc(F)cc1. The van der Waals surface area contributed by atoms with Crippen molar-refractivity contribution < 1.29 is 9.50 Å². The molecule has 0 fully saturated rings. The van der Waals surface area contributed by atoms with E-state index in [1.807, 2.05) is 0 Å². The van der Waals surface area contributed by atoms with Crippen LogP contribution in [0.5, 0.6) is 0 Å². The van der Waals surface area contributed by atoms with E-state index in [4.69, 9.17) is 0 Å². The van der Waals surface area contributed by atoms with E-state index >= 15 is 0 Å². The normalized spacial score (nSPS) is 13.1. The highest BCUT2D eigenvalue weighted by atomic mass is 19.1. The maximum atomic E-state index is 12.6. The fraction of sp³-hybridized carbons (Fsp3) is 0.538. The molecule has 1 unspecified atom stereocenters. The van der Waals surface area contributed by atoms with Crippen LogP contribution in [0.15, 0.2) is 24.3 Å². The smallest absolute Gasteiger partial charge is 0.123 e. The Bertz CT molecular complexity index is 279. The first-order valence-electron chi connectivity index (χ1n) is 5.53. The zero-order valence-corrected chi connectivity index (χ0v) is 9.41. The molecule has 0 saturated heterocycles. The van der Waals surface area contributed by atoms with Gasteiger partial charge in [-0.1, -0.05) is 38.8 Å². The van der Waals surface area contributed by atoms with Gasteiger partial charge in [-0.2, -0.15) is 0 Å². The van der Waals surface area contributed by atoms with Gasteiger partial charge in [0.05, 0.1) is 6.10 Å². The quantitative estimate of drug-likeness (QED) is 0.786. The van der Waals surface area contributed by atoms with Crippen LogP contribution in [0.2, 0.25) is 0 Å². The standard InChI is InChI=1S/C13H19FO/c1-10(2)4-3-5-13(15)11-6-8-12(14)9-7-11/h6-10,13,15H,3-5H2,1-2H3. The van der Waals surface area contributed by atoms with E-state index in [9.17, 15) is 9.50 Å². The molecule has 1 nitrogen and oxygen atoms in total. The van der Waals surface area contributed by atoms with Crippen molar-refractivity contribution in [2.45, 2.75) is 39.2 Å². The van der Waals surface area contributed by atoms with E-state index in [0.717, 1.165) is 24.8 Å². The van der Waals surface area contributed by atoms with E-state index in [-0.39, 0.29) is 5.82 Å². The highest BCUT2D eigenvalue weighted by molar-refractivity contribution is 5.18. The summed E-state index contributed by atoms with van der Waals surface area (Å²) in [5.41, 5.74) is 0.806. The average molecular weight is 210 g/mol. The molecule has 1 N–H and O–H groups in total. The summed E-state index contributed by atoms with van der Waals surface area (Å²) in [6.45, 7) is 4.34. The minimum absolute atomic E-state index is 0.256. The number of aliphatic hydroxyl groups is 1. The number of halogens is 1. The second-order valence-electron chi connectivity index (χ2n) is 4.39. The van der Waals surface area contributed by atoms with E-state index in [1.165, 1.54) is 12.1 Å². The summed E-state index contributed by atoms with van der Waals surface area (Å²) >= 11 is 0. The third kappa shape index (κ3) is 4.43. The van der Waals surface area contributed by atoms with Crippen LogP contribution in [0, 0.1) is 11.7 Å². The molecule has 0 aliphatic carbocycles. The van der Waals surface area contributed by atoms with Gasteiger partial charge in [0.25, 0.3) is 0 Å². The molecule has 0 heterocycles. The van der Waals surface area contributed by atoms with Crippen molar-refractivity contribution in [1.29, 1.82) is 0 Å². The Morgan fingerprint density at radius 1 is 1.13 bits per heavy atom. The summed E-state index contributed by atoms with van der Waals surface area (Å²) in [5.74, 6) is 0.415. The molecule has 2 heteroatoms. The fourth-order valence-electron chi connectivity index (χ4n) is 1.57. The summed E-state index contributed by atoms with van der Waals surface area (Å²) < 4.78 is 12.6. The first kappa shape index (κ1) is 12.2. The Morgan fingerprint density at radius 2 is 1.73 bits per heavy atom. The van der Waals surface area contributed by atoms with Crippen LogP contribution in [0.25, 0.3) is 0 Å². The Hall–Kier alpha value is -0.890. The average Bonchev–Trinajstić information content (AvgIpc) is 2.18. The third-order valence-corrected chi connectivity index (χ3v) is 2.51. The summed E-state index contributed by atoms with van der Waals surface area (Å²) in [6.07, 6.45) is 2.43. The predicted octanol–water partition coefficient (Wildman–Crippen LogP) is 3.69. The second-order valence-corrected chi connectivity index (χ2v) is 4.39. The van der Waals surface area contributed by atoms with E-state index in [0.29, 0.717) is 5.92 Å². The highest BCUT2D eigenvalue weighted by Crippen LogP contribution is 2.20. The lowest BCUT2D eigenvalue weighted by atomic mass is 10.0. The van der Waals surface area contributed by atoms with Gasteiger partial charge < -0.3 is 5.11 Å². The Kier molecular flexibility index (Phi) is 4.76. The van der Waals surface area contributed by atoms with Crippen molar-refractivity contribution in [1.82, 2.24) is 0 Å². The first-order chi connectivity index (χ1) is 7.09. The monoisotopic (exact) mass is 210 g/mol. The molecule has 0 aliphatic rings. The van der Waals surface area contributed by atoms with Crippen LogP contribution in [0.1, 0.15) is 44.8 Å². The Labute approximate surface area is 90.9 Å². The molecular weight excluding hydrogens is 191 g/mol. The van der Waals surface area contributed by atoms with E-state index < -0.39 is 6.10 Å². The summed E-state index contributed by atoms with van der Waals surface area (Å²) in [4.78, 5) is 0. The summed E-state index contributed by atoms with van der Waals surface area (Å²) in [5, 5.41) is 9.80. The zero-order chi connectivity index (χ0) is 11.3. The number of hydrogen-bond donors (Lipinski definition) is 1. The molecule has 0 radical (unpaired) electrons. The summed E-state index contributed by atoms with van der Waals surface area (Å²) in [6, 6.07) is 6.08. The van der Waals surface area contributed by atoms with Crippen LogP contribution in [-0.2, 0) is 0 Å². The Morgan fingerprint density at radius 3 is 2.27 bits per heavy atom. The second kappa shape index (κ2) is 5.86. The van der Waals surface area contributed by atoms with Gasteiger partial charge in [0.15, 0.2) is 0 Å². The van der Waals surface area contributed by atoms with Gasteiger partial charge >= 0.3 is 0 Å². The van der Waals surface area contributed by atoms with Crippen LogP contribution in [0.3, 0.4) is 0 Å². The zero-order valence-electron chi connectivity index (χ0n) is 9.41. The van der Waals surface area contributed by atoms with Crippen molar-refractivity contribution in [3.8, 4) is 0 Å². The third-order valence-electron chi connectivity index (χ3n) is 2.51. The molecule has 84 valence electrons. The number of rotatable bonds is 5. The molecule has 0 spiro atoms. The largest absolute Gasteiger partial charge is 0.388 e. The molecule has 15 heavy (non-hydrogen) atoms. The molecule has 1 aromatic rings.